The van der Waals surface area contributed by atoms with Gasteiger partial charge in [0.05, 0.1) is 24.1 Å². The van der Waals surface area contributed by atoms with Crippen LogP contribution in [0, 0.1) is 0 Å². The Kier molecular flexibility index (Phi) is 10.3. The summed E-state index contributed by atoms with van der Waals surface area (Å²) in [6.07, 6.45) is 7.20. The maximum Gasteiger partial charge on any atom is 0.410 e. The van der Waals surface area contributed by atoms with Gasteiger partial charge >= 0.3 is 6.09 Å². The van der Waals surface area contributed by atoms with E-state index >= 15 is 0 Å². The molecule has 5 rings (SSSR count). The molecule has 9 heteroatoms. The van der Waals surface area contributed by atoms with Crippen molar-refractivity contribution < 1.29 is 19.1 Å². The molecule has 1 aromatic heterocycles. The molecule has 1 saturated heterocycles. The first kappa shape index (κ1) is 32.3. The standard InChI is InChI=1S/C36H47N5O4/c1-5-14-31(42)38-29-19-12-13-20-30(29)41-25-37-32(33(41)27-17-10-7-11-18-27)34(43)40-22-21-39(35(44)45-36(2,3)4)24-28(40)23-26-15-8-6-9-16-26/h6-11,15-18,25,28-30H,5,12-14,19-24H2,1-4H3,(H,38,42)/t28-,29-,30+/m1/s1. The number of nitrogens with zero attached hydrogens (tertiary/aromatic N) is 4. The molecule has 0 spiro atoms. The van der Waals surface area contributed by atoms with Crippen LogP contribution in [0.4, 0.5) is 4.79 Å². The van der Waals surface area contributed by atoms with E-state index < -0.39 is 5.60 Å². The van der Waals surface area contributed by atoms with Gasteiger partial charge in [-0.3, -0.25) is 9.59 Å². The van der Waals surface area contributed by atoms with Crippen LogP contribution >= 0.6 is 0 Å². The Morgan fingerprint density at radius 3 is 2.33 bits per heavy atom. The van der Waals surface area contributed by atoms with Gasteiger partial charge in [-0.2, -0.15) is 0 Å². The van der Waals surface area contributed by atoms with E-state index in [1.165, 1.54) is 0 Å². The molecule has 9 nitrogen and oxygen atoms in total. The first-order valence-corrected chi connectivity index (χ1v) is 16.4. The normalized spacial score (nSPS) is 20.5. The zero-order valence-corrected chi connectivity index (χ0v) is 27.1. The summed E-state index contributed by atoms with van der Waals surface area (Å²) in [5.41, 5.74) is 2.57. The summed E-state index contributed by atoms with van der Waals surface area (Å²) < 4.78 is 7.82. The molecule has 3 aromatic rings. The second-order valence-electron chi connectivity index (χ2n) is 13.3. The molecule has 3 atom stereocenters. The van der Waals surface area contributed by atoms with Crippen LogP contribution in [0.5, 0.6) is 0 Å². The summed E-state index contributed by atoms with van der Waals surface area (Å²) in [6.45, 7) is 8.71. The Morgan fingerprint density at radius 2 is 1.64 bits per heavy atom. The number of amides is 3. The van der Waals surface area contributed by atoms with Crippen LogP contribution < -0.4 is 5.32 Å². The highest BCUT2D eigenvalue weighted by atomic mass is 16.6. The number of rotatable bonds is 8. The van der Waals surface area contributed by atoms with E-state index in [2.05, 4.69) is 22.0 Å². The number of nitrogens with one attached hydrogen (secondary N) is 1. The van der Waals surface area contributed by atoms with Crippen molar-refractivity contribution in [2.45, 2.75) is 96.4 Å². The van der Waals surface area contributed by atoms with Crippen LogP contribution in [0.1, 0.15) is 88.3 Å². The molecule has 1 N–H and O–H groups in total. The predicted molar refractivity (Wildman–Crippen MR) is 175 cm³/mol. The molecule has 0 radical (unpaired) electrons. The van der Waals surface area contributed by atoms with Gasteiger partial charge in [-0.25, -0.2) is 9.78 Å². The van der Waals surface area contributed by atoms with E-state index in [4.69, 9.17) is 9.72 Å². The van der Waals surface area contributed by atoms with Gasteiger partial charge in [0.15, 0.2) is 5.69 Å². The van der Waals surface area contributed by atoms with Crippen molar-refractivity contribution in [1.82, 2.24) is 24.7 Å². The lowest BCUT2D eigenvalue weighted by Crippen LogP contribution is -2.58. The largest absolute Gasteiger partial charge is 0.444 e. The number of imidazole rings is 1. The van der Waals surface area contributed by atoms with Crippen LogP contribution in [0.15, 0.2) is 67.0 Å². The number of aromatic nitrogens is 2. The van der Waals surface area contributed by atoms with Crippen molar-refractivity contribution in [3.8, 4) is 11.3 Å². The molecular formula is C36H47N5O4. The van der Waals surface area contributed by atoms with Crippen molar-refractivity contribution in [1.29, 1.82) is 0 Å². The van der Waals surface area contributed by atoms with Crippen LogP contribution in [0.3, 0.4) is 0 Å². The number of hydrogen-bond acceptors (Lipinski definition) is 5. The Morgan fingerprint density at radius 1 is 0.956 bits per heavy atom. The van der Waals surface area contributed by atoms with Gasteiger partial charge in [0.1, 0.15) is 5.60 Å². The summed E-state index contributed by atoms with van der Waals surface area (Å²) >= 11 is 0. The lowest BCUT2D eigenvalue weighted by Gasteiger charge is -2.41. The maximum atomic E-state index is 14.6. The van der Waals surface area contributed by atoms with Gasteiger partial charge in [0.2, 0.25) is 5.91 Å². The third-order valence-electron chi connectivity index (χ3n) is 8.66. The summed E-state index contributed by atoms with van der Waals surface area (Å²) in [6, 6.07) is 19.7. The third-order valence-corrected chi connectivity index (χ3v) is 8.66. The first-order chi connectivity index (χ1) is 21.6. The monoisotopic (exact) mass is 613 g/mol. The Bertz CT molecular complexity index is 1450. The van der Waals surface area contributed by atoms with Crippen LogP contribution in [-0.4, -0.2) is 74.6 Å². The molecule has 0 bridgehead atoms. The minimum atomic E-state index is -0.608. The smallest absolute Gasteiger partial charge is 0.410 e. The minimum absolute atomic E-state index is 0.00653. The Labute approximate surface area is 267 Å². The van der Waals surface area contributed by atoms with Crippen LogP contribution in [0.2, 0.25) is 0 Å². The molecule has 2 aromatic carbocycles. The Hall–Kier alpha value is -4.14. The zero-order chi connectivity index (χ0) is 32.0. The van der Waals surface area contributed by atoms with Crippen molar-refractivity contribution >= 4 is 17.9 Å². The van der Waals surface area contributed by atoms with Gasteiger partial charge in [-0.1, -0.05) is 80.4 Å². The average Bonchev–Trinajstić information content (AvgIpc) is 3.46. The van der Waals surface area contributed by atoms with Gasteiger partial charge in [0.25, 0.3) is 5.91 Å². The fraction of sp³-hybridized carbons (Fsp3) is 0.500. The molecular weight excluding hydrogens is 566 g/mol. The lowest BCUT2D eigenvalue weighted by atomic mass is 9.89. The number of benzene rings is 2. The van der Waals surface area contributed by atoms with E-state index in [-0.39, 0.29) is 36.0 Å². The third kappa shape index (κ3) is 7.93. The second-order valence-corrected chi connectivity index (χ2v) is 13.3. The number of carbonyl (C=O) groups is 3. The molecule has 1 saturated carbocycles. The predicted octanol–water partition coefficient (Wildman–Crippen LogP) is 6.25. The SMILES string of the molecule is CCCC(=O)N[C@@H]1CCCC[C@@H]1n1cnc(C(=O)N2CCN(C(=O)OC(C)(C)C)C[C@H]2Cc2ccccc2)c1-c1ccccc1. The molecule has 2 fully saturated rings. The molecule has 3 amide bonds. The van der Waals surface area contributed by atoms with Crippen molar-refractivity contribution in [3.05, 3.63) is 78.2 Å². The van der Waals surface area contributed by atoms with Crippen molar-refractivity contribution in [2.24, 2.45) is 0 Å². The molecule has 2 aliphatic rings. The maximum absolute atomic E-state index is 14.6. The van der Waals surface area contributed by atoms with E-state index in [1.807, 2.05) is 81.1 Å². The molecule has 1 aliphatic carbocycles. The number of piperazine rings is 1. The lowest BCUT2D eigenvalue weighted by molar-refractivity contribution is -0.122. The first-order valence-electron chi connectivity index (χ1n) is 16.4. The highest BCUT2D eigenvalue weighted by molar-refractivity contribution is 5.98. The van der Waals surface area contributed by atoms with Gasteiger partial charge in [-0.15, -0.1) is 0 Å². The summed E-state index contributed by atoms with van der Waals surface area (Å²) in [4.78, 5) is 48.7. The highest BCUT2D eigenvalue weighted by Crippen LogP contribution is 2.35. The fourth-order valence-electron chi connectivity index (χ4n) is 6.58. The number of ether oxygens (including phenoxy) is 1. The van der Waals surface area contributed by atoms with E-state index in [9.17, 15) is 14.4 Å². The van der Waals surface area contributed by atoms with Gasteiger partial charge in [-0.05, 0) is 52.0 Å². The van der Waals surface area contributed by atoms with E-state index in [0.29, 0.717) is 38.2 Å². The fourth-order valence-corrected chi connectivity index (χ4v) is 6.58. The molecule has 2 heterocycles. The summed E-state index contributed by atoms with van der Waals surface area (Å²) in [7, 11) is 0. The van der Waals surface area contributed by atoms with Gasteiger partial charge in [0, 0.05) is 37.7 Å². The number of hydrogen-bond donors (Lipinski definition) is 1. The van der Waals surface area contributed by atoms with Crippen LogP contribution in [0.25, 0.3) is 11.3 Å². The minimum Gasteiger partial charge on any atom is -0.444 e. The average molecular weight is 614 g/mol. The second kappa shape index (κ2) is 14.3. The van der Waals surface area contributed by atoms with E-state index in [1.54, 1.807) is 11.2 Å². The molecule has 1 aliphatic heterocycles. The molecule has 240 valence electrons. The quantitative estimate of drug-likeness (QED) is 0.324. The van der Waals surface area contributed by atoms with E-state index in [0.717, 1.165) is 48.9 Å². The van der Waals surface area contributed by atoms with Crippen molar-refractivity contribution in [3.63, 3.8) is 0 Å². The summed E-state index contributed by atoms with van der Waals surface area (Å²) in [5, 5.41) is 3.28. The highest BCUT2D eigenvalue weighted by Gasteiger charge is 2.38. The topological polar surface area (TPSA) is 96.8 Å². The Balaban J connectivity index is 1.49. The van der Waals surface area contributed by atoms with Crippen molar-refractivity contribution in [2.75, 3.05) is 19.6 Å². The number of carbonyl (C=O) groups excluding carboxylic acids is 3. The zero-order valence-electron chi connectivity index (χ0n) is 27.1. The molecule has 45 heavy (non-hydrogen) atoms. The van der Waals surface area contributed by atoms with Gasteiger partial charge < -0.3 is 24.4 Å². The van der Waals surface area contributed by atoms with Crippen LogP contribution in [-0.2, 0) is 16.0 Å². The molecule has 0 unspecified atom stereocenters. The summed E-state index contributed by atoms with van der Waals surface area (Å²) in [5.74, 6) is -0.0848.